The molecule has 0 saturated carbocycles. The van der Waals surface area contributed by atoms with Crippen LogP contribution in [-0.4, -0.2) is 28.9 Å². The van der Waals surface area contributed by atoms with Gasteiger partial charge in [-0.3, -0.25) is 0 Å². The molecular weight excluding hydrogens is 777 g/mol. The van der Waals surface area contributed by atoms with E-state index in [1.807, 2.05) is 52.0 Å². The molecule has 306 valence electrons. The molecule has 0 unspecified atom stereocenters. The number of benzene rings is 5. The van der Waals surface area contributed by atoms with E-state index in [0.717, 1.165) is 34.4 Å². The highest BCUT2D eigenvalue weighted by Crippen LogP contribution is 2.32. The summed E-state index contributed by atoms with van der Waals surface area (Å²) in [6.07, 6.45) is 0. The molecule has 0 saturated heterocycles. The van der Waals surface area contributed by atoms with Crippen LogP contribution < -0.4 is 29.6 Å². The van der Waals surface area contributed by atoms with Gasteiger partial charge in [-0.25, -0.2) is 9.59 Å². The highest BCUT2D eigenvalue weighted by atomic mass is 32.2. The summed E-state index contributed by atoms with van der Waals surface area (Å²) in [6.45, 7) is 16.5. The van der Waals surface area contributed by atoms with Crippen molar-refractivity contribution in [2.24, 2.45) is 0 Å². The van der Waals surface area contributed by atoms with Crippen LogP contribution in [0.15, 0.2) is 119 Å². The van der Waals surface area contributed by atoms with Crippen molar-refractivity contribution in [1.29, 1.82) is 0 Å². The highest BCUT2D eigenvalue weighted by molar-refractivity contribution is 7.90. The van der Waals surface area contributed by atoms with Crippen molar-refractivity contribution in [3.63, 3.8) is 0 Å². The summed E-state index contributed by atoms with van der Waals surface area (Å²) in [6, 6.07) is 26.9. The van der Waals surface area contributed by atoms with Gasteiger partial charge in [0.15, 0.2) is 0 Å². The van der Waals surface area contributed by atoms with Crippen molar-refractivity contribution in [1.82, 2.24) is 0 Å². The molecule has 0 spiro atoms. The zero-order valence-corrected chi connectivity index (χ0v) is 35.4. The van der Waals surface area contributed by atoms with Gasteiger partial charge in [-0.2, -0.15) is 16.8 Å². The Morgan fingerprint density at radius 1 is 0.448 bits per heavy atom. The lowest BCUT2D eigenvalue weighted by molar-refractivity contribution is 0.261. The first kappa shape index (κ1) is 43.3. The first-order chi connectivity index (χ1) is 27.3. The Kier molecular flexibility index (Phi) is 13.5. The predicted octanol–water partition coefficient (Wildman–Crippen LogP) is 11.0. The third-order valence-corrected chi connectivity index (χ3v) is 12.0. The lowest BCUT2D eigenvalue weighted by Gasteiger charge is -2.17. The summed E-state index contributed by atoms with van der Waals surface area (Å²) >= 11 is 0. The van der Waals surface area contributed by atoms with Crippen LogP contribution in [0, 0.1) is 0 Å². The molecule has 0 heterocycles. The van der Waals surface area contributed by atoms with Gasteiger partial charge in [0, 0.05) is 34.9 Å². The summed E-state index contributed by atoms with van der Waals surface area (Å²) in [5.74, 6) is 0.568. The minimum atomic E-state index is -4.76. The molecule has 12 nitrogen and oxygen atoms in total. The van der Waals surface area contributed by atoms with E-state index in [1.54, 1.807) is 12.1 Å². The number of urea groups is 2. The maximum atomic E-state index is 13.6. The molecule has 0 atom stereocenters. The van der Waals surface area contributed by atoms with E-state index in [9.17, 15) is 26.4 Å². The average molecular weight is 827 g/mol. The predicted molar refractivity (Wildman–Crippen MR) is 229 cm³/mol. The summed E-state index contributed by atoms with van der Waals surface area (Å²) < 4.78 is 65.2. The van der Waals surface area contributed by atoms with E-state index < -0.39 is 42.1 Å². The zero-order chi connectivity index (χ0) is 42.4. The minimum absolute atomic E-state index is 0.144. The molecule has 0 aliphatic carbocycles. The second-order valence-electron chi connectivity index (χ2n) is 15.0. The van der Waals surface area contributed by atoms with Crippen molar-refractivity contribution >= 4 is 55.0 Å². The van der Waals surface area contributed by atoms with Gasteiger partial charge in [0.1, 0.15) is 21.3 Å². The molecule has 0 aromatic heterocycles. The summed E-state index contributed by atoms with van der Waals surface area (Å²) in [4.78, 5) is 24.7. The molecule has 4 amide bonds. The average Bonchev–Trinajstić information content (AvgIpc) is 3.14. The second kappa shape index (κ2) is 18.2. The molecule has 5 aromatic rings. The number of hydrogen-bond acceptors (Lipinski definition) is 8. The quantitative estimate of drug-likeness (QED) is 0.0802. The van der Waals surface area contributed by atoms with Crippen LogP contribution in [0.5, 0.6) is 11.5 Å². The lowest BCUT2D eigenvalue weighted by atomic mass is 9.94. The van der Waals surface area contributed by atoms with Gasteiger partial charge < -0.3 is 29.6 Å². The number of carbonyl (C=O) groups is 2. The molecule has 0 radical (unpaired) electrons. The van der Waals surface area contributed by atoms with Crippen LogP contribution in [0.1, 0.15) is 101 Å². The van der Waals surface area contributed by atoms with Gasteiger partial charge in [0.25, 0.3) is 0 Å². The maximum absolute atomic E-state index is 13.6. The molecule has 5 rings (SSSR count). The fourth-order valence-electron chi connectivity index (χ4n) is 6.09. The fraction of sp³-hybridized carbons (Fsp3) is 0.273. The van der Waals surface area contributed by atoms with Crippen LogP contribution in [-0.2, 0) is 20.2 Å². The van der Waals surface area contributed by atoms with Gasteiger partial charge in [-0.05, 0) is 94.5 Å². The van der Waals surface area contributed by atoms with Crippen molar-refractivity contribution in [2.75, 3.05) is 21.3 Å². The SMILES string of the molecule is CC(C)c1ccc(NC(=O)Nc2cccc(OS(=O)(=O)c3ccccc3S(=O)(=O)Oc3cccc(NC(=O)Nc4ccc(C(C)C)cc4C(C)C)c3)c2)c(C(C)C)c1. The van der Waals surface area contributed by atoms with Crippen LogP contribution in [0.25, 0.3) is 0 Å². The number of nitrogens with one attached hydrogen (secondary N) is 4. The van der Waals surface area contributed by atoms with Crippen LogP contribution in [0.3, 0.4) is 0 Å². The molecule has 5 aromatic carbocycles. The van der Waals surface area contributed by atoms with Crippen molar-refractivity contribution in [2.45, 2.75) is 88.9 Å². The summed E-state index contributed by atoms with van der Waals surface area (Å²) in [5.41, 5.74) is 5.98. The number of rotatable bonds is 14. The van der Waals surface area contributed by atoms with E-state index in [-0.39, 0.29) is 34.7 Å². The van der Waals surface area contributed by atoms with E-state index in [4.69, 9.17) is 8.37 Å². The molecule has 0 aliphatic heterocycles. The van der Waals surface area contributed by atoms with Crippen LogP contribution in [0.2, 0.25) is 0 Å². The first-order valence-corrected chi connectivity index (χ1v) is 21.8. The van der Waals surface area contributed by atoms with E-state index in [2.05, 4.69) is 61.1 Å². The monoisotopic (exact) mass is 826 g/mol. The molecule has 0 aliphatic rings. The van der Waals surface area contributed by atoms with Crippen LogP contribution >= 0.6 is 0 Å². The Bertz CT molecular complexity index is 2340. The molecule has 58 heavy (non-hydrogen) atoms. The van der Waals surface area contributed by atoms with E-state index in [1.165, 1.54) is 48.5 Å². The Balaban J connectivity index is 1.28. The van der Waals surface area contributed by atoms with Crippen molar-refractivity contribution in [3.05, 3.63) is 131 Å². The first-order valence-electron chi connectivity index (χ1n) is 18.9. The van der Waals surface area contributed by atoms with E-state index in [0.29, 0.717) is 23.2 Å². The third-order valence-electron chi connectivity index (χ3n) is 9.21. The second-order valence-corrected chi connectivity index (χ2v) is 18.1. The summed E-state index contributed by atoms with van der Waals surface area (Å²) in [5, 5.41) is 11.1. The lowest BCUT2D eigenvalue weighted by Crippen LogP contribution is -2.21. The smallest absolute Gasteiger partial charge is 0.340 e. The number of hydrogen-bond donors (Lipinski definition) is 4. The Morgan fingerprint density at radius 2 is 0.828 bits per heavy atom. The number of carbonyl (C=O) groups excluding carboxylic acids is 2. The van der Waals surface area contributed by atoms with Gasteiger partial charge in [0.2, 0.25) is 0 Å². The molecule has 4 N–H and O–H groups in total. The number of anilines is 4. The van der Waals surface area contributed by atoms with Gasteiger partial charge in [-0.1, -0.05) is 104 Å². The molecule has 0 bridgehead atoms. The van der Waals surface area contributed by atoms with Gasteiger partial charge >= 0.3 is 32.3 Å². The zero-order valence-electron chi connectivity index (χ0n) is 33.8. The Hall–Kier alpha value is -5.86. The van der Waals surface area contributed by atoms with Gasteiger partial charge in [0.05, 0.1) is 0 Å². The summed E-state index contributed by atoms with van der Waals surface area (Å²) in [7, 11) is -9.53. The van der Waals surface area contributed by atoms with Crippen molar-refractivity contribution < 1.29 is 34.8 Å². The largest absolute Gasteiger partial charge is 0.379 e. The Morgan fingerprint density at radius 3 is 1.17 bits per heavy atom. The molecule has 14 heteroatoms. The number of amides is 4. The van der Waals surface area contributed by atoms with E-state index >= 15 is 0 Å². The molecular formula is C44H50N4O8S2. The highest BCUT2D eigenvalue weighted by Gasteiger charge is 2.30. The van der Waals surface area contributed by atoms with Crippen molar-refractivity contribution in [3.8, 4) is 11.5 Å². The topological polar surface area (TPSA) is 169 Å². The van der Waals surface area contributed by atoms with Gasteiger partial charge in [-0.15, -0.1) is 0 Å². The minimum Gasteiger partial charge on any atom is -0.379 e. The molecule has 0 fully saturated rings. The van der Waals surface area contributed by atoms with Crippen LogP contribution in [0.4, 0.5) is 32.3 Å². The Labute approximate surface area is 341 Å². The fourth-order valence-corrected chi connectivity index (χ4v) is 8.72. The maximum Gasteiger partial charge on any atom is 0.340 e. The third kappa shape index (κ3) is 11.0. The standard InChI is InChI=1S/C44H50N4O8S2/c1-27(2)31-19-21-39(37(23-31)29(5)6)47-43(49)45-33-13-11-15-35(25-33)55-57(51,52)41-17-9-10-18-42(41)58(53,54)56-36-16-12-14-34(26-36)46-44(50)48-40-22-20-32(28(3)4)24-38(40)30(7)8/h9-30H,1-8H3,(H2,45,47,49)(H2,46,48,50). The normalized spacial score (nSPS) is 11.8.